The molecule has 8 aromatic carbocycles. The fourth-order valence-electron chi connectivity index (χ4n) is 10.7. The predicted molar refractivity (Wildman–Crippen MR) is 233 cm³/mol. The van der Waals surface area contributed by atoms with Crippen molar-refractivity contribution in [1.82, 2.24) is 0 Å². The van der Waals surface area contributed by atoms with Crippen LogP contribution in [0.5, 0.6) is 0 Å². The predicted octanol–water partition coefficient (Wildman–Crippen LogP) is 15.0. The molecule has 0 aliphatic heterocycles. The van der Waals surface area contributed by atoms with Crippen LogP contribution in [0.15, 0.2) is 144 Å². The van der Waals surface area contributed by atoms with Crippen molar-refractivity contribution >= 4 is 37.5 Å². The Labute approximate surface area is 326 Å². The van der Waals surface area contributed by atoms with Crippen LogP contribution in [-0.2, 0) is 16.2 Å². The molecule has 0 N–H and O–H groups in total. The van der Waals surface area contributed by atoms with Crippen molar-refractivity contribution in [3.63, 3.8) is 0 Å². The molecule has 0 spiro atoms. The van der Waals surface area contributed by atoms with Crippen molar-refractivity contribution in [2.45, 2.75) is 57.8 Å². The average molecular weight is 758 g/mol. The van der Waals surface area contributed by atoms with Gasteiger partial charge in [-0.2, -0.15) is 0 Å². The third-order valence-corrected chi connectivity index (χ3v) is 14.0. The normalized spacial score (nSPS) is 16.1. The molecule has 54 heavy (non-hydrogen) atoms. The highest BCUT2D eigenvalue weighted by Crippen LogP contribution is 2.56. The standard InChI is InChI=1S/C53H41Br/c1-51(2)43-17-11-9-13-33(43)35-22-19-30(25-45(35)51)49-38-15-7-8-16-39(38)50(31-20-23-36-34-14-10-12-18-44(34)52(3,4)46(36)26-31)42-29-48-40(28-41(42)49)37-24-21-32(54)27-47(37)53(48,5)6/h7-29H,1-6H3. The van der Waals surface area contributed by atoms with Crippen molar-refractivity contribution in [1.29, 1.82) is 0 Å². The summed E-state index contributed by atoms with van der Waals surface area (Å²) in [7, 11) is 0. The monoisotopic (exact) mass is 756 g/mol. The lowest BCUT2D eigenvalue weighted by molar-refractivity contribution is 0.660. The van der Waals surface area contributed by atoms with E-state index in [1.54, 1.807) is 0 Å². The summed E-state index contributed by atoms with van der Waals surface area (Å²) in [6.07, 6.45) is 0. The summed E-state index contributed by atoms with van der Waals surface area (Å²) in [6, 6.07) is 53.6. The van der Waals surface area contributed by atoms with Crippen LogP contribution in [0.25, 0.3) is 77.2 Å². The Morgan fingerprint density at radius 1 is 0.315 bits per heavy atom. The summed E-state index contributed by atoms with van der Waals surface area (Å²) < 4.78 is 1.13. The molecule has 0 heterocycles. The van der Waals surface area contributed by atoms with E-state index in [-0.39, 0.29) is 16.2 Å². The van der Waals surface area contributed by atoms with Crippen LogP contribution in [-0.4, -0.2) is 0 Å². The minimum atomic E-state index is -0.142. The van der Waals surface area contributed by atoms with Crippen molar-refractivity contribution < 1.29 is 0 Å². The lowest BCUT2D eigenvalue weighted by atomic mass is 9.78. The van der Waals surface area contributed by atoms with E-state index in [0.717, 1.165) is 4.47 Å². The lowest BCUT2D eigenvalue weighted by Gasteiger charge is -2.25. The fraction of sp³-hybridized carbons (Fsp3) is 0.170. The summed E-state index contributed by atoms with van der Waals surface area (Å²) >= 11 is 3.81. The summed E-state index contributed by atoms with van der Waals surface area (Å²) in [5, 5.41) is 5.22. The van der Waals surface area contributed by atoms with Crippen LogP contribution in [0.4, 0.5) is 0 Å². The quantitative estimate of drug-likeness (QED) is 0.154. The van der Waals surface area contributed by atoms with E-state index in [1.807, 2.05) is 0 Å². The zero-order valence-corrected chi connectivity index (χ0v) is 33.2. The number of halogens is 1. The molecule has 11 rings (SSSR count). The molecular formula is C53H41Br. The number of hydrogen-bond donors (Lipinski definition) is 0. The van der Waals surface area contributed by atoms with Crippen molar-refractivity contribution in [2.24, 2.45) is 0 Å². The second-order valence-corrected chi connectivity index (χ2v) is 18.3. The maximum Gasteiger partial charge on any atom is 0.0178 e. The van der Waals surface area contributed by atoms with Crippen molar-refractivity contribution in [3.05, 3.63) is 177 Å². The molecule has 0 unspecified atom stereocenters. The van der Waals surface area contributed by atoms with Gasteiger partial charge in [-0.15, -0.1) is 0 Å². The zero-order valence-electron chi connectivity index (χ0n) is 31.7. The lowest BCUT2D eigenvalue weighted by Crippen LogP contribution is -2.15. The third-order valence-electron chi connectivity index (χ3n) is 13.5. The third kappa shape index (κ3) is 4.09. The highest BCUT2D eigenvalue weighted by Gasteiger charge is 2.39. The fourth-order valence-corrected chi connectivity index (χ4v) is 11.1. The van der Waals surface area contributed by atoms with E-state index in [9.17, 15) is 0 Å². The number of benzene rings is 8. The van der Waals surface area contributed by atoms with Gasteiger partial charge in [0.25, 0.3) is 0 Å². The first-order chi connectivity index (χ1) is 26.0. The molecule has 3 aliphatic rings. The molecule has 8 aromatic rings. The topological polar surface area (TPSA) is 0 Å². The molecule has 0 atom stereocenters. The smallest absolute Gasteiger partial charge is 0.0178 e. The van der Waals surface area contributed by atoms with Gasteiger partial charge in [-0.1, -0.05) is 161 Å². The van der Waals surface area contributed by atoms with E-state index in [4.69, 9.17) is 0 Å². The number of rotatable bonds is 2. The van der Waals surface area contributed by atoms with Gasteiger partial charge < -0.3 is 0 Å². The Morgan fingerprint density at radius 2 is 0.704 bits per heavy atom. The van der Waals surface area contributed by atoms with E-state index < -0.39 is 0 Å². The minimum absolute atomic E-state index is 0.0828. The van der Waals surface area contributed by atoms with Crippen LogP contribution >= 0.6 is 15.9 Å². The summed E-state index contributed by atoms with van der Waals surface area (Å²) in [5.74, 6) is 0. The SMILES string of the molecule is CC1(C)c2ccccc2-c2ccc(-c3c4ccccc4c(-c4ccc5c(c4)C(C)(C)c4ccccc4-5)c4cc5c(cc34)-c3ccc(Br)cc3C5(C)C)cc21. The van der Waals surface area contributed by atoms with Gasteiger partial charge in [-0.25, -0.2) is 0 Å². The van der Waals surface area contributed by atoms with Gasteiger partial charge in [0.2, 0.25) is 0 Å². The van der Waals surface area contributed by atoms with Crippen LogP contribution in [0.2, 0.25) is 0 Å². The molecule has 0 radical (unpaired) electrons. The molecule has 1 heteroatoms. The highest BCUT2D eigenvalue weighted by molar-refractivity contribution is 9.10. The molecule has 0 amide bonds. The van der Waals surface area contributed by atoms with E-state index >= 15 is 0 Å². The molecule has 0 saturated heterocycles. The molecule has 0 bridgehead atoms. The van der Waals surface area contributed by atoms with E-state index in [1.165, 1.54) is 111 Å². The van der Waals surface area contributed by atoms with Gasteiger partial charge in [0.05, 0.1) is 0 Å². The van der Waals surface area contributed by atoms with Crippen LogP contribution in [0.3, 0.4) is 0 Å². The number of hydrogen-bond acceptors (Lipinski definition) is 0. The Kier molecular flexibility index (Phi) is 6.39. The molecule has 260 valence electrons. The maximum absolute atomic E-state index is 3.81. The van der Waals surface area contributed by atoms with Gasteiger partial charge >= 0.3 is 0 Å². The molecule has 0 nitrogen and oxygen atoms in total. The first-order valence-electron chi connectivity index (χ1n) is 19.3. The average Bonchev–Trinajstić information content (AvgIpc) is 3.65. The Balaban J connectivity index is 1.25. The second-order valence-electron chi connectivity index (χ2n) is 17.4. The van der Waals surface area contributed by atoms with Crippen molar-refractivity contribution in [3.8, 4) is 55.6 Å². The van der Waals surface area contributed by atoms with E-state index in [2.05, 4.69) is 197 Å². The minimum Gasteiger partial charge on any atom is -0.0619 e. The van der Waals surface area contributed by atoms with Crippen LogP contribution in [0.1, 0.15) is 74.9 Å². The Bertz CT molecular complexity index is 2970. The Hall–Kier alpha value is -5.24. The van der Waals surface area contributed by atoms with Gasteiger partial charge in [0, 0.05) is 20.7 Å². The molecular weight excluding hydrogens is 716 g/mol. The van der Waals surface area contributed by atoms with Crippen LogP contribution in [0, 0.1) is 0 Å². The van der Waals surface area contributed by atoms with E-state index in [0.29, 0.717) is 0 Å². The maximum atomic E-state index is 3.81. The van der Waals surface area contributed by atoms with Crippen LogP contribution < -0.4 is 0 Å². The summed E-state index contributed by atoms with van der Waals surface area (Å²) in [5.41, 5.74) is 21.4. The first kappa shape index (κ1) is 32.2. The van der Waals surface area contributed by atoms with Crippen molar-refractivity contribution in [2.75, 3.05) is 0 Å². The number of fused-ring (bicyclic) bond motifs is 11. The molecule has 3 aliphatic carbocycles. The van der Waals surface area contributed by atoms with Gasteiger partial charge in [0.15, 0.2) is 0 Å². The molecule has 0 saturated carbocycles. The van der Waals surface area contributed by atoms with Gasteiger partial charge in [-0.05, 0) is 147 Å². The zero-order chi connectivity index (χ0) is 36.9. The largest absolute Gasteiger partial charge is 0.0619 e. The second kappa shape index (κ2) is 10.7. The molecule has 0 fully saturated rings. The molecule has 0 aromatic heterocycles. The Morgan fingerprint density at radius 3 is 1.26 bits per heavy atom. The first-order valence-corrected chi connectivity index (χ1v) is 20.1. The highest BCUT2D eigenvalue weighted by atomic mass is 79.9. The summed E-state index contributed by atoms with van der Waals surface area (Å²) in [6.45, 7) is 14.3. The summed E-state index contributed by atoms with van der Waals surface area (Å²) in [4.78, 5) is 0. The van der Waals surface area contributed by atoms with Gasteiger partial charge in [-0.3, -0.25) is 0 Å². The van der Waals surface area contributed by atoms with Gasteiger partial charge in [0.1, 0.15) is 0 Å².